The van der Waals surface area contributed by atoms with Crippen molar-refractivity contribution in [1.82, 2.24) is 9.21 Å². The summed E-state index contributed by atoms with van der Waals surface area (Å²) in [5.41, 5.74) is 1.76. The van der Waals surface area contributed by atoms with Crippen molar-refractivity contribution < 1.29 is 17.9 Å². The molecule has 7 nitrogen and oxygen atoms in total. The van der Waals surface area contributed by atoms with E-state index in [0.717, 1.165) is 5.56 Å². The Morgan fingerprint density at radius 3 is 2.71 bits per heavy atom. The number of nitrogens with zero attached hydrogens (tertiary/aromatic N) is 2. The number of carbonyl (C=O) groups excluding carboxylic acids is 1. The molecule has 2 aliphatic rings. The van der Waals surface area contributed by atoms with E-state index in [9.17, 15) is 13.2 Å². The van der Waals surface area contributed by atoms with Gasteiger partial charge in [-0.05, 0) is 41.8 Å². The van der Waals surface area contributed by atoms with Gasteiger partial charge in [-0.3, -0.25) is 9.69 Å². The Hall–Kier alpha value is -2.13. The zero-order valence-corrected chi connectivity index (χ0v) is 19.1. The summed E-state index contributed by atoms with van der Waals surface area (Å²) in [4.78, 5) is 14.8. The highest BCUT2D eigenvalue weighted by molar-refractivity contribution is 7.89. The van der Waals surface area contributed by atoms with Crippen LogP contribution in [0.25, 0.3) is 0 Å². The van der Waals surface area contributed by atoms with E-state index in [1.807, 2.05) is 23.1 Å². The van der Waals surface area contributed by atoms with Crippen LogP contribution in [0.5, 0.6) is 5.75 Å². The Morgan fingerprint density at radius 1 is 1.16 bits per heavy atom. The summed E-state index contributed by atoms with van der Waals surface area (Å²) in [6, 6.07) is 11.8. The number of anilines is 1. The van der Waals surface area contributed by atoms with E-state index in [0.29, 0.717) is 35.5 Å². The number of nitrogens with one attached hydrogen (secondary N) is 1. The number of hydrogen-bond donors (Lipinski definition) is 1. The van der Waals surface area contributed by atoms with Crippen LogP contribution in [-0.2, 0) is 14.8 Å². The molecule has 2 heterocycles. The summed E-state index contributed by atoms with van der Waals surface area (Å²) in [6.45, 7) is 5.62. The average Bonchev–Trinajstić information content (AvgIpc) is 2.79. The number of carbonyl (C=O) groups is 1. The third kappa shape index (κ3) is 4.72. The topological polar surface area (TPSA) is 79.0 Å². The standard InChI is InChI=1S/C22H26ClN3O4S/c1-15(2)16-6-7-21-20(10-16)24-22(27)13-25-8-9-26(12-18(25)14-30-21)31(28,29)19-5-3-4-17(23)11-19/h3-7,10-11,15,18H,8-9,12-14H2,1-2H3,(H,24,27)/t18-/m0/s1. The summed E-state index contributed by atoms with van der Waals surface area (Å²) in [5, 5.41) is 3.33. The number of hydrogen-bond acceptors (Lipinski definition) is 5. The van der Waals surface area contributed by atoms with Crippen molar-refractivity contribution in [1.29, 1.82) is 0 Å². The van der Waals surface area contributed by atoms with Gasteiger partial charge in [0.1, 0.15) is 12.4 Å². The molecule has 1 N–H and O–H groups in total. The van der Waals surface area contributed by atoms with Crippen molar-refractivity contribution in [2.45, 2.75) is 30.7 Å². The molecule has 0 aromatic heterocycles. The van der Waals surface area contributed by atoms with Gasteiger partial charge in [0, 0.05) is 24.7 Å². The monoisotopic (exact) mass is 463 g/mol. The predicted octanol–water partition coefficient (Wildman–Crippen LogP) is 3.17. The van der Waals surface area contributed by atoms with E-state index in [-0.39, 0.29) is 36.5 Å². The van der Waals surface area contributed by atoms with E-state index in [2.05, 4.69) is 19.2 Å². The Kier molecular flexibility index (Phi) is 6.25. The molecule has 1 saturated heterocycles. The maximum Gasteiger partial charge on any atom is 0.243 e. The largest absolute Gasteiger partial charge is 0.490 e. The molecule has 0 spiro atoms. The summed E-state index contributed by atoms with van der Waals surface area (Å²) in [6.07, 6.45) is 0. The molecule has 0 unspecified atom stereocenters. The Morgan fingerprint density at radius 2 is 1.97 bits per heavy atom. The highest BCUT2D eigenvalue weighted by Crippen LogP contribution is 2.31. The van der Waals surface area contributed by atoms with Gasteiger partial charge in [0.15, 0.2) is 0 Å². The fourth-order valence-electron chi connectivity index (χ4n) is 3.92. The first-order valence-corrected chi connectivity index (χ1v) is 12.1. The molecule has 4 rings (SSSR count). The van der Waals surface area contributed by atoms with Crippen molar-refractivity contribution in [3.05, 3.63) is 53.1 Å². The summed E-state index contributed by atoms with van der Waals surface area (Å²) in [5.74, 6) is 0.782. The van der Waals surface area contributed by atoms with Gasteiger partial charge >= 0.3 is 0 Å². The minimum atomic E-state index is -3.69. The van der Waals surface area contributed by atoms with Gasteiger partial charge in [0.25, 0.3) is 0 Å². The molecule has 2 aliphatic heterocycles. The number of halogens is 1. The molecular formula is C22H26ClN3O4S. The number of fused-ring (bicyclic) bond motifs is 2. The molecule has 1 amide bonds. The van der Waals surface area contributed by atoms with Crippen LogP contribution in [0.4, 0.5) is 5.69 Å². The number of piperazine rings is 1. The predicted molar refractivity (Wildman–Crippen MR) is 120 cm³/mol. The second-order valence-electron chi connectivity index (χ2n) is 8.21. The van der Waals surface area contributed by atoms with E-state index in [4.69, 9.17) is 16.3 Å². The molecule has 0 bridgehead atoms. The lowest BCUT2D eigenvalue weighted by Crippen LogP contribution is -2.57. The second kappa shape index (κ2) is 8.78. The van der Waals surface area contributed by atoms with Gasteiger partial charge in [0.2, 0.25) is 15.9 Å². The van der Waals surface area contributed by atoms with Crippen molar-refractivity contribution in [2.75, 3.05) is 38.1 Å². The lowest BCUT2D eigenvalue weighted by atomic mass is 10.0. The molecule has 31 heavy (non-hydrogen) atoms. The fraction of sp³-hybridized carbons (Fsp3) is 0.409. The first kappa shape index (κ1) is 22.1. The normalized spacial score (nSPS) is 20.6. The first-order valence-electron chi connectivity index (χ1n) is 10.3. The zero-order valence-electron chi connectivity index (χ0n) is 17.5. The third-order valence-electron chi connectivity index (χ3n) is 5.72. The van der Waals surface area contributed by atoms with Crippen LogP contribution in [0.2, 0.25) is 5.02 Å². The van der Waals surface area contributed by atoms with Gasteiger partial charge in [-0.25, -0.2) is 8.42 Å². The van der Waals surface area contributed by atoms with Crippen LogP contribution in [0.15, 0.2) is 47.4 Å². The first-order chi connectivity index (χ1) is 14.7. The van der Waals surface area contributed by atoms with Crippen molar-refractivity contribution >= 4 is 33.2 Å². The van der Waals surface area contributed by atoms with E-state index in [1.165, 1.54) is 10.4 Å². The Bertz CT molecular complexity index is 1090. The van der Waals surface area contributed by atoms with Crippen LogP contribution in [-0.4, -0.2) is 62.4 Å². The molecule has 1 atom stereocenters. The van der Waals surface area contributed by atoms with Gasteiger partial charge in [0.05, 0.1) is 23.2 Å². The molecule has 9 heteroatoms. The highest BCUT2D eigenvalue weighted by Gasteiger charge is 2.36. The van der Waals surface area contributed by atoms with E-state index >= 15 is 0 Å². The maximum absolute atomic E-state index is 13.1. The second-order valence-corrected chi connectivity index (χ2v) is 10.6. The van der Waals surface area contributed by atoms with Crippen LogP contribution in [0.3, 0.4) is 0 Å². The lowest BCUT2D eigenvalue weighted by Gasteiger charge is -2.39. The van der Waals surface area contributed by atoms with Gasteiger partial charge in [-0.1, -0.05) is 37.6 Å². The molecular weight excluding hydrogens is 438 g/mol. The SMILES string of the molecule is CC(C)c1ccc2c(c1)NC(=O)CN1CCN(S(=O)(=O)c3cccc(Cl)c3)C[C@H]1CO2. The number of ether oxygens (including phenoxy) is 1. The Labute approximate surface area is 188 Å². The van der Waals surface area contributed by atoms with Crippen molar-refractivity contribution in [3.8, 4) is 5.75 Å². The molecule has 2 aromatic carbocycles. The summed E-state index contributed by atoms with van der Waals surface area (Å²) >= 11 is 6.00. The maximum atomic E-state index is 13.1. The fourth-order valence-corrected chi connectivity index (χ4v) is 5.69. The average molecular weight is 464 g/mol. The summed E-state index contributed by atoms with van der Waals surface area (Å²) < 4.78 is 33.8. The number of amides is 1. The lowest BCUT2D eigenvalue weighted by molar-refractivity contribution is -0.118. The molecule has 0 aliphatic carbocycles. The van der Waals surface area contributed by atoms with Crippen molar-refractivity contribution in [3.63, 3.8) is 0 Å². The molecule has 0 saturated carbocycles. The molecule has 0 radical (unpaired) electrons. The molecule has 166 valence electrons. The van der Waals surface area contributed by atoms with Gasteiger partial charge in [-0.2, -0.15) is 4.31 Å². The molecule has 2 aromatic rings. The number of rotatable bonds is 3. The molecule has 1 fully saturated rings. The van der Waals surface area contributed by atoms with Crippen LogP contribution >= 0.6 is 11.6 Å². The number of benzene rings is 2. The van der Waals surface area contributed by atoms with E-state index in [1.54, 1.807) is 18.2 Å². The van der Waals surface area contributed by atoms with Crippen LogP contribution < -0.4 is 10.1 Å². The zero-order chi connectivity index (χ0) is 22.2. The van der Waals surface area contributed by atoms with Gasteiger partial charge in [-0.15, -0.1) is 0 Å². The number of sulfonamides is 1. The Balaban J connectivity index is 1.57. The smallest absolute Gasteiger partial charge is 0.243 e. The van der Waals surface area contributed by atoms with E-state index < -0.39 is 10.0 Å². The summed E-state index contributed by atoms with van der Waals surface area (Å²) in [7, 11) is -3.69. The van der Waals surface area contributed by atoms with Crippen LogP contribution in [0.1, 0.15) is 25.3 Å². The van der Waals surface area contributed by atoms with Crippen LogP contribution in [0, 0.1) is 0 Å². The highest BCUT2D eigenvalue weighted by atomic mass is 35.5. The third-order valence-corrected chi connectivity index (χ3v) is 7.82. The minimum Gasteiger partial charge on any atom is -0.490 e. The van der Waals surface area contributed by atoms with Crippen molar-refractivity contribution in [2.24, 2.45) is 0 Å². The minimum absolute atomic E-state index is 0.135. The quantitative estimate of drug-likeness (QED) is 0.756. The van der Waals surface area contributed by atoms with Gasteiger partial charge < -0.3 is 10.1 Å².